The smallest absolute Gasteiger partial charge is 0.265 e. The highest BCUT2D eigenvalue weighted by atomic mass is 32.2. The van der Waals surface area contributed by atoms with Gasteiger partial charge < -0.3 is 9.84 Å². The van der Waals surface area contributed by atoms with Crippen LogP contribution < -0.4 is 0 Å². The summed E-state index contributed by atoms with van der Waals surface area (Å²) in [5.41, 5.74) is 4.29. The molecule has 3 rings (SSSR count). The standard InChI is InChI=1S/C26H29NO5S/c1-5-19(2)32-18-20-11-13-24(28)21(17-20)12-14-25-26(3,4)22-9-6-7-10-23(22)27(25)15-8-16-33(29,30)31/h5-7,9-14,17H,1-2,8,15-16,18H2,3-4H3,(H,29,30,31)/p+1. The first-order valence-electron chi connectivity index (χ1n) is 10.7. The number of aromatic hydroxyl groups is 1. The molecule has 0 amide bonds. The van der Waals surface area contributed by atoms with Gasteiger partial charge in [-0.05, 0) is 43.7 Å². The van der Waals surface area contributed by atoms with Crippen LogP contribution in [-0.2, 0) is 26.9 Å². The molecular weight excluding hydrogens is 438 g/mol. The molecule has 0 unspecified atom stereocenters. The number of fused-ring (bicyclic) bond motifs is 1. The van der Waals surface area contributed by atoms with Crippen LogP contribution in [0.25, 0.3) is 6.08 Å². The lowest BCUT2D eigenvalue weighted by atomic mass is 9.81. The second-order valence-electron chi connectivity index (χ2n) is 8.50. The van der Waals surface area contributed by atoms with Gasteiger partial charge in [0.2, 0.25) is 5.69 Å². The van der Waals surface area contributed by atoms with E-state index < -0.39 is 10.1 Å². The largest absolute Gasteiger partial charge is 0.507 e. The molecule has 1 aliphatic rings. The second kappa shape index (κ2) is 9.77. The van der Waals surface area contributed by atoms with E-state index in [1.54, 1.807) is 12.1 Å². The highest BCUT2D eigenvalue weighted by Gasteiger charge is 2.43. The van der Waals surface area contributed by atoms with Crippen LogP contribution in [-0.4, -0.2) is 40.7 Å². The van der Waals surface area contributed by atoms with Gasteiger partial charge in [0.25, 0.3) is 10.1 Å². The third-order valence-corrected chi connectivity index (χ3v) is 6.55. The molecule has 0 aromatic heterocycles. The van der Waals surface area contributed by atoms with Gasteiger partial charge in [-0.15, -0.1) is 0 Å². The topological polar surface area (TPSA) is 86.8 Å². The molecule has 7 heteroatoms. The number of rotatable bonds is 10. The Morgan fingerprint density at radius 3 is 2.61 bits per heavy atom. The maximum Gasteiger partial charge on any atom is 0.265 e. The van der Waals surface area contributed by atoms with Gasteiger partial charge in [0.05, 0.1) is 11.2 Å². The third kappa shape index (κ3) is 5.80. The van der Waals surface area contributed by atoms with E-state index in [2.05, 4.69) is 37.6 Å². The van der Waals surface area contributed by atoms with E-state index in [1.807, 2.05) is 36.4 Å². The molecule has 0 saturated carbocycles. The van der Waals surface area contributed by atoms with Crippen molar-refractivity contribution >= 4 is 27.6 Å². The van der Waals surface area contributed by atoms with Gasteiger partial charge in [0, 0.05) is 29.7 Å². The lowest BCUT2D eigenvalue weighted by Gasteiger charge is -2.15. The first kappa shape index (κ1) is 24.5. The fourth-order valence-corrected chi connectivity index (χ4v) is 4.51. The van der Waals surface area contributed by atoms with Crippen molar-refractivity contribution in [2.75, 3.05) is 12.3 Å². The Morgan fingerprint density at radius 1 is 1.18 bits per heavy atom. The molecule has 2 aromatic rings. The number of hydrogen-bond acceptors (Lipinski definition) is 4. The van der Waals surface area contributed by atoms with E-state index in [-0.39, 0.29) is 23.3 Å². The zero-order chi connectivity index (χ0) is 24.2. The van der Waals surface area contributed by atoms with Crippen LogP contribution in [0.15, 0.2) is 73.5 Å². The normalized spacial score (nSPS) is 15.0. The average Bonchev–Trinajstić information content (AvgIpc) is 2.97. The molecule has 174 valence electrons. The highest BCUT2D eigenvalue weighted by molar-refractivity contribution is 7.85. The van der Waals surface area contributed by atoms with Crippen molar-refractivity contribution in [3.63, 3.8) is 0 Å². The Kier molecular flexibility index (Phi) is 7.25. The summed E-state index contributed by atoms with van der Waals surface area (Å²) < 4.78 is 39.2. The molecule has 2 aromatic carbocycles. The summed E-state index contributed by atoms with van der Waals surface area (Å²) in [7, 11) is -4.03. The Bertz CT molecular complexity index is 1240. The summed E-state index contributed by atoms with van der Waals surface area (Å²) in [5, 5.41) is 10.4. The van der Waals surface area contributed by atoms with Crippen LogP contribution in [0.3, 0.4) is 0 Å². The van der Waals surface area contributed by atoms with Crippen molar-refractivity contribution in [3.8, 4) is 5.75 Å². The quantitative estimate of drug-likeness (QED) is 0.222. The van der Waals surface area contributed by atoms with E-state index in [0.29, 0.717) is 24.5 Å². The molecule has 0 saturated heterocycles. The van der Waals surface area contributed by atoms with Crippen molar-refractivity contribution in [3.05, 3.63) is 90.2 Å². The first-order chi connectivity index (χ1) is 15.5. The molecule has 6 nitrogen and oxygen atoms in total. The van der Waals surface area contributed by atoms with Crippen LogP contribution in [0.5, 0.6) is 5.75 Å². The van der Waals surface area contributed by atoms with E-state index in [0.717, 1.165) is 22.5 Å². The van der Waals surface area contributed by atoms with Gasteiger partial charge in [-0.2, -0.15) is 13.0 Å². The number of nitrogens with zero attached hydrogens (tertiary/aromatic N) is 1. The van der Waals surface area contributed by atoms with E-state index in [9.17, 15) is 13.5 Å². The highest BCUT2D eigenvalue weighted by Crippen LogP contribution is 2.40. The average molecular weight is 469 g/mol. The monoisotopic (exact) mass is 468 g/mol. The molecule has 0 spiro atoms. The molecule has 0 bridgehead atoms. The molecule has 2 N–H and O–H groups in total. The number of hydrogen-bond donors (Lipinski definition) is 2. The number of para-hydroxylation sites is 1. The minimum Gasteiger partial charge on any atom is -0.507 e. The van der Waals surface area contributed by atoms with Crippen molar-refractivity contribution < 1.29 is 27.4 Å². The molecule has 1 heterocycles. The third-order valence-electron chi connectivity index (χ3n) is 5.75. The lowest BCUT2D eigenvalue weighted by molar-refractivity contribution is -0.437. The van der Waals surface area contributed by atoms with Crippen molar-refractivity contribution in [2.45, 2.75) is 32.3 Å². The van der Waals surface area contributed by atoms with Crippen LogP contribution in [0.4, 0.5) is 5.69 Å². The number of phenolic OH excluding ortho intramolecular Hbond substituents is 1. The summed E-state index contributed by atoms with van der Waals surface area (Å²) in [6.45, 7) is 12.3. The molecule has 0 atom stereocenters. The maximum atomic E-state index is 11.2. The molecular formula is C26H30NO5S+. The van der Waals surface area contributed by atoms with Gasteiger partial charge in [0.15, 0.2) is 5.71 Å². The van der Waals surface area contributed by atoms with Gasteiger partial charge in [-0.3, -0.25) is 4.55 Å². The lowest BCUT2D eigenvalue weighted by Crippen LogP contribution is -2.28. The Hall–Kier alpha value is -3.16. The number of benzene rings is 2. The molecule has 1 aliphatic heterocycles. The van der Waals surface area contributed by atoms with Gasteiger partial charge in [0.1, 0.15) is 24.7 Å². The number of ether oxygens (including phenoxy) is 1. The predicted molar refractivity (Wildman–Crippen MR) is 132 cm³/mol. The summed E-state index contributed by atoms with van der Waals surface area (Å²) in [5.74, 6) is 0.313. The van der Waals surface area contributed by atoms with Gasteiger partial charge in [-0.1, -0.05) is 37.4 Å². The van der Waals surface area contributed by atoms with Gasteiger partial charge >= 0.3 is 0 Å². The molecule has 0 radical (unpaired) electrons. The van der Waals surface area contributed by atoms with E-state index in [1.165, 1.54) is 6.08 Å². The molecule has 33 heavy (non-hydrogen) atoms. The molecule has 0 aliphatic carbocycles. The Balaban J connectivity index is 1.95. The fourth-order valence-electron chi connectivity index (χ4n) is 4.02. The summed E-state index contributed by atoms with van der Waals surface area (Å²) in [4.78, 5) is 0. The summed E-state index contributed by atoms with van der Waals surface area (Å²) in [6.07, 6.45) is 5.62. The predicted octanol–water partition coefficient (Wildman–Crippen LogP) is 4.98. The zero-order valence-corrected chi connectivity index (χ0v) is 19.8. The maximum absolute atomic E-state index is 11.2. The van der Waals surface area contributed by atoms with Crippen molar-refractivity contribution in [2.24, 2.45) is 0 Å². The zero-order valence-electron chi connectivity index (χ0n) is 19.0. The van der Waals surface area contributed by atoms with Crippen molar-refractivity contribution in [1.82, 2.24) is 0 Å². The van der Waals surface area contributed by atoms with Crippen LogP contribution >= 0.6 is 0 Å². The minimum absolute atomic E-state index is 0.143. The molecule has 0 fully saturated rings. The van der Waals surface area contributed by atoms with E-state index in [4.69, 9.17) is 9.29 Å². The van der Waals surface area contributed by atoms with Gasteiger partial charge in [-0.25, -0.2) is 0 Å². The summed E-state index contributed by atoms with van der Waals surface area (Å²) in [6, 6.07) is 13.3. The van der Waals surface area contributed by atoms with Crippen molar-refractivity contribution in [1.29, 1.82) is 0 Å². The fraction of sp³-hybridized carbons (Fsp3) is 0.269. The Morgan fingerprint density at radius 2 is 1.91 bits per heavy atom. The number of phenols is 1. The first-order valence-corrected chi connectivity index (χ1v) is 12.3. The summed E-state index contributed by atoms with van der Waals surface area (Å²) >= 11 is 0. The number of allylic oxidation sites excluding steroid dienone is 2. The Labute approximate surface area is 195 Å². The van der Waals surface area contributed by atoms with Crippen LogP contribution in [0.2, 0.25) is 0 Å². The minimum atomic E-state index is -4.03. The van der Waals surface area contributed by atoms with Crippen LogP contribution in [0.1, 0.15) is 37.0 Å². The second-order valence-corrected chi connectivity index (χ2v) is 10.1. The van der Waals surface area contributed by atoms with E-state index >= 15 is 0 Å². The van der Waals surface area contributed by atoms with Crippen LogP contribution in [0, 0.1) is 0 Å². The SMILES string of the molecule is C=CC(=C)OCc1ccc(O)c(/C=C/C2=[N+](CCCS(=O)(=O)O)c3ccccc3C2(C)C)c1.